The van der Waals surface area contributed by atoms with Gasteiger partial charge in [0.1, 0.15) is 5.82 Å². The van der Waals surface area contributed by atoms with Gasteiger partial charge in [0.2, 0.25) is 11.9 Å². The average Bonchev–Trinajstić information content (AvgIpc) is 3.47. The molecule has 2 fully saturated rings. The number of aromatic nitrogens is 2. The minimum atomic E-state index is 0.00702. The number of carbonyl (C=O) groups excluding carboxylic acids is 1. The number of hydrogen-bond acceptors (Lipinski definition) is 7. The predicted octanol–water partition coefficient (Wildman–Crippen LogP) is 3.17. The molecule has 198 valence electrons. The SMILES string of the molecule is C=CC(=O)N1CCN(c2nc(N3CCC(N(C)C)C3)nc3c2CCN(c2cccc4ccccc24)C3)CC1. The van der Waals surface area contributed by atoms with Gasteiger partial charge in [-0.15, -0.1) is 0 Å². The summed E-state index contributed by atoms with van der Waals surface area (Å²) < 4.78 is 0. The van der Waals surface area contributed by atoms with Crippen molar-refractivity contribution in [3.8, 4) is 0 Å². The van der Waals surface area contributed by atoms with Crippen LogP contribution >= 0.6 is 0 Å². The summed E-state index contributed by atoms with van der Waals surface area (Å²) in [7, 11) is 4.30. The molecule has 3 aliphatic heterocycles. The van der Waals surface area contributed by atoms with Crippen LogP contribution in [-0.2, 0) is 17.8 Å². The number of nitrogens with zero attached hydrogens (tertiary/aromatic N) is 7. The molecule has 0 aliphatic carbocycles. The van der Waals surface area contributed by atoms with E-state index < -0.39 is 0 Å². The number of amides is 1. The Kier molecular flexibility index (Phi) is 6.66. The predicted molar refractivity (Wildman–Crippen MR) is 154 cm³/mol. The molecular weight excluding hydrogens is 474 g/mol. The Bertz CT molecular complexity index is 1340. The van der Waals surface area contributed by atoms with Gasteiger partial charge in [-0.2, -0.15) is 4.98 Å². The fourth-order valence-electron chi connectivity index (χ4n) is 6.10. The van der Waals surface area contributed by atoms with Gasteiger partial charge in [-0.25, -0.2) is 4.98 Å². The fourth-order valence-corrected chi connectivity index (χ4v) is 6.10. The molecule has 1 amide bonds. The van der Waals surface area contributed by atoms with Crippen LogP contribution in [0.5, 0.6) is 0 Å². The van der Waals surface area contributed by atoms with E-state index in [9.17, 15) is 4.79 Å². The summed E-state index contributed by atoms with van der Waals surface area (Å²) in [5.74, 6) is 1.90. The van der Waals surface area contributed by atoms with E-state index in [0.717, 1.165) is 69.6 Å². The van der Waals surface area contributed by atoms with Crippen molar-refractivity contribution in [3.05, 3.63) is 66.4 Å². The maximum Gasteiger partial charge on any atom is 0.246 e. The third-order valence-electron chi connectivity index (χ3n) is 8.38. The summed E-state index contributed by atoms with van der Waals surface area (Å²) in [5, 5.41) is 2.54. The highest BCUT2D eigenvalue weighted by Crippen LogP contribution is 2.35. The van der Waals surface area contributed by atoms with E-state index in [2.05, 4.69) is 82.7 Å². The van der Waals surface area contributed by atoms with E-state index in [1.807, 2.05) is 4.90 Å². The first-order valence-electron chi connectivity index (χ1n) is 13.7. The van der Waals surface area contributed by atoms with E-state index in [1.165, 1.54) is 28.1 Å². The molecule has 38 heavy (non-hydrogen) atoms. The summed E-state index contributed by atoms with van der Waals surface area (Å²) in [4.78, 5) is 33.9. The van der Waals surface area contributed by atoms with Crippen LogP contribution in [0.4, 0.5) is 17.5 Å². The van der Waals surface area contributed by atoms with E-state index in [4.69, 9.17) is 9.97 Å². The molecule has 1 unspecified atom stereocenters. The van der Waals surface area contributed by atoms with Gasteiger partial charge in [-0.1, -0.05) is 43.0 Å². The molecule has 3 aliphatic rings. The number of rotatable bonds is 5. The van der Waals surface area contributed by atoms with Crippen LogP contribution in [0, 0.1) is 0 Å². The number of piperazine rings is 1. The highest BCUT2D eigenvalue weighted by molar-refractivity contribution is 5.94. The van der Waals surface area contributed by atoms with Crippen molar-refractivity contribution in [1.82, 2.24) is 19.8 Å². The Morgan fingerprint density at radius 2 is 1.74 bits per heavy atom. The van der Waals surface area contributed by atoms with Crippen molar-refractivity contribution in [3.63, 3.8) is 0 Å². The molecule has 2 aromatic carbocycles. The summed E-state index contributed by atoms with van der Waals surface area (Å²) in [6.07, 6.45) is 3.43. The van der Waals surface area contributed by atoms with E-state index >= 15 is 0 Å². The van der Waals surface area contributed by atoms with Crippen LogP contribution < -0.4 is 14.7 Å². The van der Waals surface area contributed by atoms with Gasteiger partial charge >= 0.3 is 0 Å². The lowest BCUT2D eigenvalue weighted by atomic mass is 10.0. The van der Waals surface area contributed by atoms with Crippen molar-refractivity contribution >= 4 is 34.1 Å². The Morgan fingerprint density at radius 1 is 0.947 bits per heavy atom. The van der Waals surface area contributed by atoms with E-state index in [-0.39, 0.29) is 5.91 Å². The first-order valence-corrected chi connectivity index (χ1v) is 13.7. The molecule has 4 heterocycles. The van der Waals surface area contributed by atoms with Crippen LogP contribution in [0.1, 0.15) is 17.7 Å². The number of benzene rings is 2. The Labute approximate surface area is 225 Å². The zero-order chi connectivity index (χ0) is 26.2. The second kappa shape index (κ2) is 10.3. The maximum absolute atomic E-state index is 12.2. The largest absolute Gasteiger partial charge is 0.365 e. The molecule has 0 N–H and O–H groups in total. The second-order valence-electron chi connectivity index (χ2n) is 10.8. The number of anilines is 3. The lowest BCUT2D eigenvalue weighted by Crippen LogP contribution is -2.49. The van der Waals surface area contributed by atoms with Gasteiger partial charge in [-0.3, -0.25) is 4.79 Å². The Morgan fingerprint density at radius 3 is 2.50 bits per heavy atom. The van der Waals surface area contributed by atoms with Crippen molar-refractivity contribution in [2.24, 2.45) is 0 Å². The van der Waals surface area contributed by atoms with Crippen LogP contribution in [0.15, 0.2) is 55.1 Å². The highest BCUT2D eigenvalue weighted by Gasteiger charge is 2.31. The Hall–Kier alpha value is -3.65. The molecule has 0 spiro atoms. The first-order chi connectivity index (χ1) is 18.5. The molecule has 1 atom stereocenters. The maximum atomic E-state index is 12.2. The van der Waals surface area contributed by atoms with Crippen molar-refractivity contribution in [2.45, 2.75) is 25.4 Å². The summed E-state index contributed by atoms with van der Waals surface area (Å²) >= 11 is 0. The van der Waals surface area contributed by atoms with Gasteiger partial charge < -0.3 is 24.5 Å². The molecule has 8 heteroatoms. The number of carbonyl (C=O) groups is 1. The topological polar surface area (TPSA) is 59.1 Å². The zero-order valence-electron chi connectivity index (χ0n) is 22.5. The third-order valence-corrected chi connectivity index (χ3v) is 8.38. The number of hydrogen-bond donors (Lipinski definition) is 0. The molecule has 3 aromatic rings. The molecule has 0 bridgehead atoms. The quantitative estimate of drug-likeness (QED) is 0.488. The average molecular weight is 512 g/mol. The van der Waals surface area contributed by atoms with Crippen LogP contribution in [0.3, 0.4) is 0 Å². The highest BCUT2D eigenvalue weighted by atomic mass is 16.2. The Balaban J connectivity index is 1.34. The molecule has 0 saturated carbocycles. The minimum Gasteiger partial charge on any atom is -0.365 e. The lowest BCUT2D eigenvalue weighted by molar-refractivity contribution is -0.126. The fraction of sp³-hybridized carbons (Fsp3) is 0.433. The summed E-state index contributed by atoms with van der Waals surface area (Å²) in [6, 6.07) is 15.7. The summed E-state index contributed by atoms with van der Waals surface area (Å²) in [5.41, 5.74) is 3.65. The van der Waals surface area contributed by atoms with Crippen LogP contribution in [-0.4, -0.2) is 91.6 Å². The molecular formula is C30H37N7O. The smallest absolute Gasteiger partial charge is 0.246 e. The van der Waals surface area contributed by atoms with Gasteiger partial charge in [0.25, 0.3) is 0 Å². The van der Waals surface area contributed by atoms with Gasteiger partial charge in [0, 0.05) is 68.5 Å². The number of fused-ring (bicyclic) bond motifs is 2. The van der Waals surface area contributed by atoms with Gasteiger partial charge in [-0.05, 0) is 44.5 Å². The summed E-state index contributed by atoms with van der Waals surface area (Å²) in [6.45, 7) is 10.2. The van der Waals surface area contributed by atoms with E-state index in [1.54, 1.807) is 0 Å². The third kappa shape index (κ3) is 4.58. The zero-order valence-corrected chi connectivity index (χ0v) is 22.5. The van der Waals surface area contributed by atoms with Crippen molar-refractivity contribution in [2.75, 3.05) is 74.6 Å². The second-order valence-corrected chi connectivity index (χ2v) is 10.8. The minimum absolute atomic E-state index is 0.00702. The monoisotopic (exact) mass is 511 g/mol. The standard InChI is InChI=1S/C30H37N7O/c1-4-28(38)34-16-18-35(19-17-34)29-25-13-15-36(27-11-7-9-22-8-5-6-10-24(22)27)21-26(25)31-30(32-29)37-14-12-23(20-37)33(2)3/h4-11,23H,1,12-21H2,2-3H3. The first kappa shape index (κ1) is 24.7. The molecule has 6 rings (SSSR count). The van der Waals surface area contributed by atoms with Crippen molar-refractivity contribution < 1.29 is 4.79 Å². The van der Waals surface area contributed by atoms with Gasteiger partial charge in [0.05, 0.1) is 12.2 Å². The van der Waals surface area contributed by atoms with Crippen LogP contribution in [0.2, 0.25) is 0 Å². The lowest BCUT2D eigenvalue weighted by Gasteiger charge is -2.38. The normalized spacial score (nSPS) is 19.8. The molecule has 0 radical (unpaired) electrons. The van der Waals surface area contributed by atoms with Gasteiger partial charge in [0.15, 0.2) is 0 Å². The van der Waals surface area contributed by atoms with Crippen LogP contribution in [0.25, 0.3) is 10.8 Å². The molecule has 8 nitrogen and oxygen atoms in total. The van der Waals surface area contributed by atoms with Crippen molar-refractivity contribution in [1.29, 1.82) is 0 Å². The molecule has 2 saturated heterocycles. The number of likely N-dealkylation sites (N-methyl/N-ethyl adjacent to an activating group) is 1. The van der Waals surface area contributed by atoms with E-state index in [0.29, 0.717) is 19.1 Å². The molecule has 1 aromatic heterocycles.